The van der Waals surface area contributed by atoms with Crippen LogP contribution in [0.1, 0.15) is 23.0 Å². The number of hydrogen-bond acceptors (Lipinski definition) is 2. The Balaban J connectivity index is 2.45. The van der Waals surface area contributed by atoms with E-state index in [1.54, 1.807) is 37.1 Å². The van der Waals surface area contributed by atoms with Gasteiger partial charge in [-0.2, -0.15) is 5.10 Å². The first-order valence-corrected chi connectivity index (χ1v) is 6.11. The lowest BCUT2D eigenvalue weighted by Gasteiger charge is -2.14. The second-order valence-corrected chi connectivity index (χ2v) is 4.33. The third kappa shape index (κ3) is 2.36. The number of amides is 1. The normalized spacial score (nSPS) is 10.5. The number of halogens is 1. The van der Waals surface area contributed by atoms with Crippen LogP contribution in [0.2, 0.25) is 0 Å². The number of hydrogen-bond donors (Lipinski definition) is 0. The van der Waals surface area contributed by atoms with E-state index in [1.807, 2.05) is 6.92 Å². The number of carbonyl (C=O) groups is 1. The van der Waals surface area contributed by atoms with Crippen LogP contribution in [0, 0.1) is 12.7 Å². The van der Waals surface area contributed by atoms with Crippen molar-refractivity contribution in [2.45, 2.75) is 13.8 Å². The summed E-state index contributed by atoms with van der Waals surface area (Å²) in [6.07, 6.45) is 1.48. The Labute approximate surface area is 111 Å². The molecule has 1 aromatic heterocycles. The maximum absolute atomic E-state index is 13.7. The summed E-state index contributed by atoms with van der Waals surface area (Å²) in [5.74, 6) is -0.473. The van der Waals surface area contributed by atoms with E-state index in [9.17, 15) is 9.18 Å². The molecule has 1 aromatic carbocycles. The molecule has 0 saturated carbocycles. The first-order chi connectivity index (χ1) is 9.06. The highest BCUT2D eigenvalue weighted by Gasteiger charge is 2.18. The van der Waals surface area contributed by atoms with Gasteiger partial charge in [-0.15, -0.1) is 0 Å². The molecule has 1 heterocycles. The molecule has 0 aliphatic rings. The van der Waals surface area contributed by atoms with E-state index in [0.717, 1.165) is 0 Å². The highest BCUT2D eigenvalue weighted by atomic mass is 19.1. The molecule has 5 heteroatoms. The molecule has 0 aliphatic carbocycles. The lowest BCUT2D eigenvalue weighted by molar-refractivity contribution is 0.0801. The predicted octanol–water partition coefficient (Wildman–Crippen LogP) is 2.41. The molecule has 0 saturated heterocycles. The Morgan fingerprint density at radius 1 is 1.42 bits per heavy atom. The van der Waals surface area contributed by atoms with Crippen molar-refractivity contribution in [1.29, 1.82) is 0 Å². The Bertz CT molecular complexity index is 606. The maximum Gasteiger partial charge on any atom is 0.257 e. The Morgan fingerprint density at radius 2 is 2.11 bits per heavy atom. The lowest BCUT2D eigenvalue weighted by Crippen LogP contribution is -2.26. The van der Waals surface area contributed by atoms with Crippen molar-refractivity contribution in [3.8, 4) is 5.69 Å². The summed E-state index contributed by atoms with van der Waals surface area (Å²) in [5.41, 5.74) is 1.47. The van der Waals surface area contributed by atoms with Crippen LogP contribution in [0.3, 0.4) is 0 Å². The predicted molar refractivity (Wildman–Crippen MR) is 70.9 cm³/mol. The van der Waals surface area contributed by atoms with Gasteiger partial charge >= 0.3 is 0 Å². The van der Waals surface area contributed by atoms with Gasteiger partial charge in [0.05, 0.1) is 17.5 Å². The summed E-state index contributed by atoms with van der Waals surface area (Å²) in [6, 6.07) is 6.36. The highest BCUT2D eigenvalue weighted by molar-refractivity contribution is 5.95. The minimum Gasteiger partial charge on any atom is -0.342 e. The van der Waals surface area contributed by atoms with E-state index in [0.29, 0.717) is 23.5 Å². The molecular formula is C14H16FN3O. The smallest absolute Gasteiger partial charge is 0.257 e. The van der Waals surface area contributed by atoms with Crippen LogP contribution in [0.5, 0.6) is 0 Å². The largest absolute Gasteiger partial charge is 0.342 e. The first-order valence-electron chi connectivity index (χ1n) is 6.11. The molecule has 0 atom stereocenters. The zero-order chi connectivity index (χ0) is 14.0. The van der Waals surface area contributed by atoms with E-state index < -0.39 is 0 Å². The van der Waals surface area contributed by atoms with Crippen molar-refractivity contribution < 1.29 is 9.18 Å². The second kappa shape index (κ2) is 5.22. The summed E-state index contributed by atoms with van der Waals surface area (Å²) < 4.78 is 15.2. The van der Waals surface area contributed by atoms with Crippen molar-refractivity contribution in [3.63, 3.8) is 0 Å². The number of nitrogens with zero attached hydrogens (tertiary/aromatic N) is 3. The molecule has 0 radical (unpaired) electrons. The van der Waals surface area contributed by atoms with Crippen LogP contribution in [0.25, 0.3) is 5.69 Å². The lowest BCUT2D eigenvalue weighted by atomic mass is 10.2. The van der Waals surface area contributed by atoms with E-state index in [1.165, 1.54) is 16.9 Å². The monoisotopic (exact) mass is 261 g/mol. The first kappa shape index (κ1) is 13.3. The molecule has 2 rings (SSSR count). The van der Waals surface area contributed by atoms with Crippen LogP contribution < -0.4 is 0 Å². The number of aromatic nitrogens is 2. The van der Waals surface area contributed by atoms with E-state index >= 15 is 0 Å². The topological polar surface area (TPSA) is 38.1 Å². The number of rotatable bonds is 3. The summed E-state index contributed by atoms with van der Waals surface area (Å²) in [7, 11) is 1.72. The SMILES string of the molecule is CCN(C)C(=O)c1cnn(-c2ccccc2F)c1C. The molecule has 4 nitrogen and oxygen atoms in total. The molecule has 100 valence electrons. The quantitative estimate of drug-likeness (QED) is 0.851. The minimum absolute atomic E-state index is 0.109. The Kier molecular flexibility index (Phi) is 3.64. The zero-order valence-corrected chi connectivity index (χ0v) is 11.2. The Hall–Kier alpha value is -2.17. The molecule has 19 heavy (non-hydrogen) atoms. The highest BCUT2D eigenvalue weighted by Crippen LogP contribution is 2.17. The summed E-state index contributed by atoms with van der Waals surface area (Å²) in [6.45, 7) is 4.27. The average Bonchev–Trinajstić information content (AvgIpc) is 2.79. The third-order valence-electron chi connectivity index (χ3n) is 3.14. The fraction of sp³-hybridized carbons (Fsp3) is 0.286. The van der Waals surface area contributed by atoms with Gasteiger partial charge in [0.15, 0.2) is 0 Å². The van der Waals surface area contributed by atoms with E-state index in [2.05, 4.69) is 5.10 Å². The van der Waals surface area contributed by atoms with Gasteiger partial charge in [-0.1, -0.05) is 12.1 Å². The zero-order valence-electron chi connectivity index (χ0n) is 11.2. The molecule has 0 unspecified atom stereocenters. The molecule has 0 aliphatic heterocycles. The minimum atomic E-state index is -0.364. The number of carbonyl (C=O) groups excluding carboxylic acids is 1. The Morgan fingerprint density at radius 3 is 2.74 bits per heavy atom. The molecule has 0 N–H and O–H groups in total. The van der Waals surface area contributed by atoms with Gasteiger partial charge < -0.3 is 4.90 Å². The molecule has 0 fully saturated rings. The summed E-state index contributed by atoms with van der Waals surface area (Å²) >= 11 is 0. The van der Waals surface area contributed by atoms with Crippen molar-refractivity contribution in [1.82, 2.24) is 14.7 Å². The van der Waals surface area contributed by atoms with Gasteiger partial charge in [0, 0.05) is 13.6 Å². The number of para-hydroxylation sites is 1. The second-order valence-electron chi connectivity index (χ2n) is 4.33. The van der Waals surface area contributed by atoms with Crippen molar-refractivity contribution in [2.75, 3.05) is 13.6 Å². The van der Waals surface area contributed by atoms with Crippen LogP contribution in [-0.2, 0) is 0 Å². The van der Waals surface area contributed by atoms with Crippen LogP contribution in [0.15, 0.2) is 30.5 Å². The molecule has 2 aromatic rings. The van der Waals surface area contributed by atoms with E-state index in [4.69, 9.17) is 0 Å². The van der Waals surface area contributed by atoms with Gasteiger partial charge in [0.1, 0.15) is 11.5 Å². The van der Waals surface area contributed by atoms with Crippen LogP contribution >= 0.6 is 0 Å². The van der Waals surface area contributed by atoms with Gasteiger partial charge in [-0.25, -0.2) is 9.07 Å². The van der Waals surface area contributed by atoms with Crippen molar-refractivity contribution in [3.05, 3.63) is 47.5 Å². The molecule has 0 spiro atoms. The summed E-state index contributed by atoms with van der Waals surface area (Å²) in [4.78, 5) is 13.7. The average molecular weight is 261 g/mol. The molecular weight excluding hydrogens is 245 g/mol. The fourth-order valence-corrected chi connectivity index (χ4v) is 1.84. The van der Waals surface area contributed by atoms with Gasteiger partial charge in [-0.05, 0) is 26.0 Å². The van der Waals surface area contributed by atoms with Gasteiger partial charge in [0.25, 0.3) is 5.91 Å². The number of benzene rings is 1. The van der Waals surface area contributed by atoms with Crippen LogP contribution in [0.4, 0.5) is 4.39 Å². The van der Waals surface area contributed by atoms with Crippen molar-refractivity contribution in [2.24, 2.45) is 0 Å². The fourth-order valence-electron chi connectivity index (χ4n) is 1.84. The molecule has 1 amide bonds. The third-order valence-corrected chi connectivity index (χ3v) is 3.14. The standard InChI is InChI=1S/C14H16FN3O/c1-4-17(3)14(19)11-9-16-18(10(11)2)13-8-6-5-7-12(13)15/h5-9H,4H2,1-3H3. The molecule has 0 bridgehead atoms. The van der Waals surface area contributed by atoms with Gasteiger partial charge in [-0.3, -0.25) is 4.79 Å². The summed E-state index contributed by atoms with van der Waals surface area (Å²) in [5, 5.41) is 4.11. The van der Waals surface area contributed by atoms with Crippen LogP contribution in [-0.4, -0.2) is 34.2 Å². The van der Waals surface area contributed by atoms with E-state index in [-0.39, 0.29) is 11.7 Å². The maximum atomic E-state index is 13.7. The van der Waals surface area contributed by atoms with Gasteiger partial charge in [0.2, 0.25) is 0 Å². The van der Waals surface area contributed by atoms with Crippen molar-refractivity contribution >= 4 is 5.91 Å².